The fourth-order valence-electron chi connectivity index (χ4n) is 4.18. The normalized spacial score (nSPS) is 16.3. The van der Waals surface area contributed by atoms with Crippen molar-refractivity contribution in [1.29, 1.82) is 0 Å². The molecule has 0 amide bonds. The number of allylic oxidation sites excluding steroid dienone is 4. The predicted octanol–water partition coefficient (Wildman–Crippen LogP) is 10.2. The molecular weight excluding hydrogens is 728 g/mol. The lowest BCUT2D eigenvalue weighted by Crippen LogP contribution is -2.14. The van der Waals surface area contributed by atoms with E-state index in [2.05, 4.69) is 136 Å². The van der Waals surface area contributed by atoms with Crippen LogP contribution < -0.4 is 0 Å². The maximum Gasteiger partial charge on any atom is 0.0439 e. The van der Waals surface area contributed by atoms with Crippen LogP contribution in [-0.2, 0) is 0 Å². The molecule has 1 aliphatic carbocycles. The van der Waals surface area contributed by atoms with Crippen LogP contribution in [0.25, 0.3) is 5.57 Å². The van der Waals surface area contributed by atoms with Crippen molar-refractivity contribution in [3.63, 3.8) is 0 Å². The van der Waals surface area contributed by atoms with Crippen molar-refractivity contribution in [2.24, 2.45) is 0 Å². The minimum atomic E-state index is 0.126. The van der Waals surface area contributed by atoms with Crippen LogP contribution >= 0.6 is 63.7 Å². The van der Waals surface area contributed by atoms with E-state index < -0.39 is 0 Å². The first kappa shape index (κ1) is 27.0. The molecule has 2 atom stereocenters. The van der Waals surface area contributed by atoms with E-state index in [0.717, 1.165) is 46.8 Å². The van der Waals surface area contributed by atoms with Crippen molar-refractivity contribution in [2.75, 3.05) is 0 Å². The smallest absolute Gasteiger partial charge is 0.0439 e. The molecule has 4 aromatic carbocycles. The van der Waals surface area contributed by atoms with Gasteiger partial charge in [0.2, 0.25) is 0 Å². The van der Waals surface area contributed by atoms with Crippen LogP contribution in [0.4, 0.5) is 0 Å². The van der Waals surface area contributed by atoms with E-state index in [9.17, 15) is 0 Å². The molecule has 0 aromatic heterocycles. The molecule has 0 fully saturated rings. The van der Waals surface area contributed by atoms with Crippen LogP contribution in [0.1, 0.15) is 39.3 Å². The zero-order chi connectivity index (χ0) is 26.5. The molecule has 0 saturated carbocycles. The van der Waals surface area contributed by atoms with E-state index in [1.807, 2.05) is 60.7 Å². The molecule has 4 aromatic rings. The quantitative estimate of drug-likeness (QED) is 0.142. The molecule has 0 radical (unpaired) electrons. The van der Waals surface area contributed by atoms with Gasteiger partial charge in [0, 0.05) is 46.4 Å². The average molecular weight is 748 g/mol. The second-order valence-corrected chi connectivity index (χ2v) is 12.3. The molecule has 0 heterocycles. The SMILES string of the molecule is BrC1=CC(c2ccc(C#Cc3ccccc3)cc2Br)C(Br)C=C1c1ccc(C#Cc2ccccc2)cc1Br. The summed E-state index contributed by atoms with van der Waals surface area (Å²) in [6.45, 7) is 0. The van der Waals surface area contributed by atoms with Crippen LogP contribution in [0.3, 0.4) is 0 Å². The van der Waals surface area contributed by atoms with Gasteiger partial charge in [0.25, 0.3) is 0 Å². The molecule has 184 valence electrons. The molecule has 0 N–H and O–H groups in total. The van der Waals surface area contributed by atoms with Gasteiger partial charge in [0.15, 0.2) is 0 Å². The van der Waals surface area contributed by atoms with E-state index in [1.54, 1.807) is 0 Å². The maximum atomic E-state index is 3.93. The van der Waals surface area contributed by atoms with Gasteiger partial charge in [-0.2, -0.15) is 0 Å². The number of rotatable bonds is 2. The number of halogens is 4. The van der Waals surface area contributed by atoms with E-state index in [-0.39, 0.29) is 10.7 Å². The summed E-state index contributed by atoms with van der Waals surface area (Å²) in [6.07, 6.45) is 4.53. The Bertz CT molecular complexity index is 1660. The van der Waals surface area contributed by atoms with Gasteiger partial charge in [-0.1, -0.05) is 148 Å². The lowest BCUT2D eigenvalue weighted by Gasteiger charge is -2.26. The van der Waals surface area contributed by atoms with Gasteiger partial charge in [-0.15, -0.1) is 0 Å². The minimum absolute atomic E-state index is 0.126. The minimum Gasteiger partial charge on any atom is -0.0835 e. The topological polar surface area (TPSA) is 0 Å². The second kappa shape index (κ2) is 12.5. The Morgan fingerprint density at radius 1 is 0.526 bits per heavy atom. The Kier molecular flexibility index (Phi) is 8.88. The number of hydrogen-bond donors (Lipinski definition) is 0. The fourth-order valence-corrected chi connectivity index (χ4v) is 6.75. The van der Waals surface area contributed by atoms with Gasteiger partial charge >= 0.3 is 0 Å². The van der Waals surface area contributed by atoms with Crippen molar-refractivity contribution in [1.82, 2.24) is 0 Å². The lowest BCUT2D eigenvalue weighted by molar-refractivity contribution is 0.877. The molecular formula is C34H20Br4. The van der Waals surface area contributed by atoms with Gasteiger partial charge < -0.3 is 0 Å². The zero-order valence-electron chi connectivity index (χ0n) is 20.1. The molecule has 0 bridgehead atoms. The molecule has 38 heavy (non-hydrogen) atoms. The highest BCUT2D eigenvalue weighted by Crippen LogP contribution is 2.44. The highest BCUT2D eigenvalue weighted by Gasteiger charge is 2.26. The highest BCUT2D eigenvalue weighted by molar-refractivity contribution is 9.12. The number of alkyl halides is 1. The van der Waals surface area contributed by atoms with Crippen LogP contribution in [0.2, 0.25) is 0 Å². The number of hydrogen-bond acceptors (Lipinski definition) is 0. The molecule has 2 unspecified atom stereocenters. The Morgan fingerprint density at radius 3 is 1.61 bits per heavy atom. The summed E-state index contributed by atoms with van der Waals surface area (Å²) in [7, 11) is 0. The van der Waals surface area contributed by atoms with Crippen LogP contribution in [0.5, 0.6) is 0 Å². The van der Waals surface area contributed by atoms with Gasteiger partial charge in [-0.25, -0.2) is 0 Å². The third kappa shape index (κ3) is 6.51. The maximum absolute atomic E-state index is 3.93. The van der Waals surface area contributed by atoms with Crippen LogP contribution in [0, 0.1) is 23.7 Å². The van der Waals surface area contributed by atoms with E-state index in [0.29, 0.717) is 0 Å². The zero-order valence-corrected chi connectivity index (χ0v) is 26.4. The fraction of sp³-hybridized carbons (Fsp3) is 0.0588. The summed E-state index contributed by atoms with van der Waals surface area (Å²) < 4.78 is 3.11. The van der Waals surface area contributed by atoms with Gasteiger partial charge in [-0.3, -0.25) is 0 Å². The third-order valence-electron chi connectivity index (χ3n) is 6.12. The molecule has 0 spiro atoms. The third-order valence-corrected chi connectivity index (χ3v) is 8.99. The second-order valence-electron chi connectivity index (χ2n) is 8.73. The molecule has 0 saturated heterocycles. The first-order valence-corrected chi connectivity index (χ1v) is 15.2. The summed E-state index contributed by atoms with van der Waals surface area (Å²) in [5, 5.41) is 0. The summed E-state index contributed by atoms with van der Waals surface area (Å²) in [4.78, 5) is 0.126. The monoisotopic (exact) mass is 744 g/mol. The van der Waals surface area contributed by atoms with E-state index in [4.69, 9.17) is 0 Å². The molecule has 1 aliphatic rings. The van der Waals surface area contributed by atoms with E-state index >= 15 is 0 Å². The standard InChI is InChI=1S/C34H20Br4/c35-31-19-25(13-11-23-7-3-1-4-8-23)15-17-27(31)29-21-34(38)30(22-33(29)37)28-18-16-26(20-32(28)36)14-12-24-9-5-2-6-10-24/h1-10,15-22,29,33H. The van der Waals surface area contributed by atoms with Gasteiger partial charge in [-0.05, 0) is 65.2 Å². The van der Waals surface area contributed by atoms with Gasteiger partial charge in [0.05, 0.1) is 0 Å². The molecule has 0 aliphatic heterocycles. The summed E-state index contributed by atoms with van der Waals surface area (Å²) in [5.41, 5.74) is 7.41. The molecule has 0 nitrogen and oxygen atoms in total. The predicted molar refractivity (Wildman–Crippen MR) is 174 cm³/mol. The van der Waals surface area contributed by atoms with Crippen molar-refractivity contribution in [3.8, 4) is 23.7 Å². The average Bonchev–Trinajstić information content (AvgIpc) is 2.93. The largest absolute Gasteiger partial charge is 0.0835 e. The Labute approximate surface area is 257 Å². The van der Waals surface area contributed by atoms with Gasteiger partial charge in [0.1, 0.15) is 0 Å². The lowest BCUT2D eigenvalue weighted by atomic mass is 9.87. The van der Waals surface area contributed by atoms with Crippen LogP contribution in [0.15, 0.2) is 123 Å². The summed E-state index contributed by atoms with van der Waals surface area (Å²) in [6, 6.07) is 32.7. The molecule has 4 heteroatoms. The summed E-state index contributed by atoms with van der Waals surface area (Å²) in [5.74, 6) is 13.1. The first-order valence-electron chi connectivity index (χ1n) is 11.9. The van der Waals surface area contributed by atoms with Crippen molar-refractivity contribution >= 4 is 69.3 Å². The van der Waals surface area contributed by atoms with Crippen molar-refractivity contribution in [3.05, 3.63) is 156 Å². The Morgan fingerprint density at radius 2 is 1.05 bits per heavy atom. The molecule has 5 rings (SSSR count). The van der Waals surface area contributed by atoms with Crippen molar-refractivity contribution < 1.29 is 0 Å². The Hall–Kier alpha value is -2.60. The van der Waals surface area contributed by atoms with E-state index in [1.165, 1.54) is 5.56 Å². The number of benzene rings is 4. The summed E-state index contributed by atoms with van der Waals surface area (Å²) >= 11 is 15.3. The van der Waals surface area contributed by atoms with Crippen LogP contribution in [-0.4, -0.2) is 4.83 Å². The van der Waals surface area contributed by atoms with Crippen molar-refractivity contribution in [2.45, 2.75) is 10.7 Å². The highest BCUT2D eigenvalue weighted by atomic mass is 79.9. The Balaban J connectivity index is 1.36. The first-order chi connectivity index (χ1) is 18.5.